The Hall–Kier alpha value is -2.25. The molecule has 1 aromatic carbocycles. The molecule has 1 aromatic heterocycles. The van der Waals surface area contributed by atoms with Crippen LogP contribution in [0.1, 0.15) is 23.3 Å². The van der Waals surface area contributed by atoms with Gasteiger partial charge in [-0.3, -0.25) is 4.79 Å². The van der Waals surface area contributed by atoms with Crippen molar-refractivity contribution in [3.63, 3.8) is 0 Å². The van der Waals surface area contributed by atoms with Crippen molar-refractivity contribution in [2.45, 2.75) is 18.4 Å². The largest absolute Gasteiger partial charge is 0.383 e. The number of hydrogen-bond acceptors (Lipinski definition) is 5. The molecular weight excluding hydrogens is 294 g/mol. The SMILES string of the molecule is COCC1(CNC(=O)c2cnn(-c3ccccc3)n2)CCCN1. The fourth-order valence-corrected chi connectivity index (χ4v) is 2.86. The molecule has 0 aliphatic carbocycles. The number of carbonyl (C=O) groups is 1. The zero-order chi connectivity index (χ0) is 16.1. The van der Waals surface area contributed by atoms with Crippen LogP contribution in [0.2, 0.25) is 0 Å². The Morgan fingerprint density at radius 2 is 2.26 bits per heavy atom. The molecule has 2 heterocycles. The normalized spacial score (nSPS) is 20.6. The third-order valence-corrected chi connectivity index (χ3v) is 4.05. The zero-order valence-corrected chi connectivity index (χ0v) is 13.2. The molecule has 2 N–H and O–H groups in total. The summed E-state index contributed by atoms with van der Waals surface area (Å²) in [4.78, 5) is 13.7. The van der Waals surface area contributed by atoms with Crippen LogP contribution >= 0.6 is 0 Å². The minimum Gasteiger partial charge on any atom is -0.383 e. The standard InChI is InChI=1S/C16H21N5O2/c1-23-12-16(8-5-9-18-16)11-17-15(22)14-10-19-21(20-14)13-6-3-2-4-7-13/h2-4,6-7,10,18H,5,8-9,11-12H2,1H3,(H,17,22). The van der Waals surface area contributed by atoms with E-state index in [1.54, 1.807) is 7.11 Å². The Balaban J connectivity index is 1.64. The molecule has 1 fully saturated rings. The van der Waals surface area contributed by atoms with Crippen molar-refractivity contribution in [3.05, 3.63) is 42.2 Å². The van der Waals surface area contributed by atoms with Crippen molar-refractivity contribution in [2.24, 2.45) is 0 Å². The van der Waals surface area contributed by atoms with Crippen molar-refractivity contribution in [2.75, 3.05) is 26.8 Å². The zero-order valence-electron chi connectivity index (χ0n) is 13.2. The van der Waals surface area contributed by atoms with Crippen LogP contribution in [0.3, 0.4) is 0 Å². The van der Waals surface area contributed by atoms with Crippen LogP contribution in [0.5, 0.6) is 0 Å². The van der Waals surface area contributed by atoms with Crippen LogP contribution in [0, 0.1) is 0 Å². The van der Waals surface area contributed by atoms with Gasteiger partial charge in [0.15, 0.2) is 5.69 Å². The number of benzene rings is 1. The number of carbonyl (C=O) groups excluding carboxylic acids is 1. The first-order valence-electron chi connectivity index (χ1n) is 7.72. The quantitative estimate of drug-likeness (QED) is 0.823. The maximum absolute atomic E-state index is 12.3. The third-order valence-electron chi connectivity index (χ3n) is 4.05. The fraction of sp³-hybridized carbons (Fsp3) is 0.438. The maximum Gasteiger partial charge on any atom is 0.273 e. The van der Waals surface area contributed by atoms with Crippen molar-refractivity contribution < 1.29 is 9.53 Å². The van der Waals surface area contributed by atoms with E-state index in [9.17, 15) is 4.79 Å². The minimum atomic E-state index is -0.226. The monoisotopic (exact) mass is 315 g/mol. The van der Waals surface area contributed by atoms with E-state index < -0.39 is 0 Å². The molecule has 2 aromatic rings. The number of nitrogens with zero attached hydrogens (tertiary/aromatic N) is 3. The molecule has 1 aliphatic heterocycles. The van der Waals surface area contributed by atoms with Gasteiger partial charge >= 0.3 is 0 Å². The lowest BCUT2D eigenvalue weighted by Crippen LogP contribution is -2.53. The van der Waals surface area contributed by atoms with E-state index in [1.165, 1.54) is 11.0 Å². The molecular formula is C16H21N5O2. The third kappa shape index (κ3) is 3.57. The summed E-state index contributed by atoms with van der Waals surface area (Å²) in [6, 6.07) is 9.50. The summed E-state index contributed by atoms with van der Waals surface area (Å²) in [6.07, 6.45) is 3.55. The Morgan fingerprint density at radius 1 is 1.43 bits per heavy atom. The molecule has 0 radical (unpaired) electrons. The first-order chi connectivity index (χ1) is 11.2. The lowest BCUT2D eigenvalue weighted by molar-refractivity contribution is 0.0887. The Bertz CT molecular complexity index is 650. The molecule has 3 rings (SSSR count). The van der Waals surface area contributed by atoms with Crippen LogP contribution in [-0.4, -0.2) is 53.2 Å². The highest BCUT2D eigenvalue weighted by atomic mass is 16.5. The van der Waals surface area contributed by atoms with Gasteiger partial charge in [-0.05, 0) is 31.5 Å². The number of rotatable bonds is 6. The summed E-state index contributed by atoms with van der Waals surface area (Å²) in [6.45, 7) is 2.03. The number of methoxy groups -OCH3 is 1. The number of aromatic nitrogens is 3. The average Bonchev–Trinajstić information content (AvgIpc) is 3.24. The highest BCUT2D eigenvalue weighted by molar-refractivity contribution is 5.91. The van der Waals surface area contributed by atoms with Gasteiger partial charge in [0.2, 0.25) is 0 Å². The molecule has 1 aliphatic rings. The number of ether oxygens (including phenoxy) is 1. The molecule has 0 bridgehead atoms. The Kier molecular flexibility index (Phi) is 4.68. The van der Waals surface area contributed by atoms with Gasteiger partial charge in [0, 0.05) is 13.7 Å². The molecule has 1 atom stereocenters. The summed E-state index contributed by atoms with van der Waals surface area (Å²) < 4.78 is 5.28. The van der Waals surface area contributed by atoms with Crippen LogP contribution in [0.25, 0.3) is 5.69 Å². The summed E-state index contributed by atoms with van der Waals surface area (Å²) in [5.41, 5.74) is 0.944. The highest BCUT2D eigenvalue weighted by Crippen LogP contribution is 2.18. The summed E-state index contributed by atoms with van der Waals surface area (Å²) in [5.74, 6) is -0.226. The van der Waals surface area contributed by atoms with Gasteiger partial charge in [-0.25, -0.2) is 0 Å². The molecule has 1 saturated heterocycles. The number of para-hydroxylation sites is 1. The van der Waals surface area contributed by atoms with E-state index in [-0.39, 0.29) is 11.4 Å². The molecule has 0 spiro atoms. The molecule has 122 valence electrons. The van der Waals surface area contributed by atoms with E-state index in [2.05, 4.69) is 20.8 Å². The van der Waals surface area contributed by atoms with Gasteiger partial charge in [-0.2, -0.15) is 9.90 Å². The Morgan fingerprint density at radius 3 is 2.96 bits per heavy atom. The van der Waals surface area contributed by atoms with Crippen molar-refractivity contribution in [3.8, 4) is 5.69 Å². The van der Waals surface area contributed by atoms with E-state index in [1.807, 2.05) is 30.3 Å². The van der Waals surface area contributed by atoms with E-state index in [0.717, 1.165) is 25.1 Å². The van der Waals surface area contributed by atoms with Gasteiger partial charge < -0.3 is 15.4 Å². The summed E-state index contributed by atoms with van der Waals surface area (Å²) in [5, 5.41) is 14.7. The molecule has 1 unspecified atom stereocenters. The van der Waals surface area contributed by atoms with Gasteiger partial charge in [0.25, 0.3) is 5.91 Å². The first kappa shape index (κ1) is 15.6. The second-order valence-electron chi connectivity index (χ2n) is 5.78. The van der Waals surface area contributed by atoms with E-state index >= 15 is 0 Å². The Labute approximate surface area is 135 Å². The fourth-order valence-electron chi connectivity index (χ4n) is 2.86. The van der Waals surface area contributed by atoms with Crippen molar-refractivity contribution >= 4 is 5.91 Å². The van der Waals surface area contributed by atoms with Crippen molar-refractivity contribution in [1.29, 1.82) is 0 Å². The highest BCUT2D eigenvalue weighted by Gasteiger charge is 2.34. The predicted molar refractivity (Wildman–Crippen MR) is 85.5 cm³/mol. The lowest BCUT2D eigenvalue weighted by Gasteiger charge is -2.28. The average molecular weight is 315 g/mol. The maximum atomic E-state index is 12.3. The lowest BCUT2D eigenvalue weighted by atomic mass is 9.98. The van der Waals surface area contributed by atoms with Crippen molar-refractivity contribution in [1.82, 2.24) is 25.6 Å². The predicted octanol–water partition coefficient (Wildman–Crippen LogP) is 0.766. The van der Waals surface area contributed by atoms with E-state index in [4.69, 9.17) is 4.74 Å². The second-order valence-corrected chi connectivity index (χ2v) is 5.78. The molecule has 23 heavy (non-hydrogen) atoms. The van der Waals surface area contributed by atoms with Crippen LogP contribution < -0.4 is 10.6 Å². The minimum absolute atomic E-state index is 0.181. The summed E-state index contributed by atoms with van der Waals surface area (Å²) in [7, 11) is 1.68. The number of hydrogen-bond donors (Lipinski definition) is 2. The molecule has 7 heteroatoms. The van der Waals surface area contributed by atoms with Crippen LogP contribution in [0.15, 0.2) is 36.5 Å². The number of amides is 1. The molecule has 7 nitrogen and oxygen atoms in total. The first-order valence-corrected chi connectivity index (χ1v) is 7.72. The van der Waals surface area contributed by atoms with Gasteiger partial charge in [-0.15, -0.1) is 5.10 Å². The second kappa shape index (κ2) is 6.89. The smallest absolute Gasteiger partial charge is 0.273 e. The van der Waals surface area contributed by atoms with E-state index in [0.29, 0.717) is 18.8 Å². The van der Waals surface area contributed by atoms with Gasteiger partial charge in [0.05, 0.1) is 24.0 Å². The van der Waals surface area contributed by atoms with Crippen LogP contribution in [-0.2, 0) is 4.74 Å². The molecule has 1 amide bonds. The molecule has 0 saturated carbocycles. The van der Waals surface area contributed by atoms with Crippen LogP contribution in [0.4, 0.5) is 0 Å². The topological polar surface area (TPSA) is 81.1 Å². The van der Waals surface area contributed by atoms with Gasteiger partial charge in [0.1, 0.15) is 0 Å². The van der Waals surface area contributed by atoms with Gasteiger partial charge in [-0.1, -0.05) is 18.2 Å². The summed E-state index contributed by atoms with van der Waals surface area (Å²) >= 11 is 0. The number of nitrogens with one attached hydrogen (secondary N) is 2.